The van der Waals surface area contributed by atoms with Crippen molar-refractivity contribution < 1.29 is 0 Å². The van der Waals surface area contributed by atoms with Gasteiger partial charge >= 0.3 is 0 Å². The third kappa shape index (κ3) is 41.2. The van der Waals surface area contributed by atoms with Gasteiger partial charge in [0, 0.05) is 0 Å². The highest BCUT2D eigenvalue weighted by Crippen LogP contribution is 2.27. The molecule has 1 aromatic rings. The van der Waals surface area contributed by atoms with Crippen LogP contribution in [0.1, 0.15) is 358 Å². The van der Waals surface area contributed by atoms with Crippen molar-refractivity contribution in [2.75, 3.05) is 0 Å². The molecule has 1 aromatic carbocycles. The zero-order chi connectivity index (χ0) is 45.2. The summed E-state index contributed by atoms with van der Waals surface area (Å²) in [6, 6.07) is 5.30. The van der Waals surface area contributed by atoms with Gasteiger partial charge in [0.2, 0.25) is 0 Å². The molecule has 0 fully saturated rings. The number of benzene rings is 1. The summed E-state index contributed by atoms with van der Waals surface area (Å²) in [5, 5.41) is 0. The third-order valence-corrected chi connectivity index (χ3v) is 14.8. The predicted octanol–water partition coefficient (Wildman–Crippen LogP) is 22.9. The number of hydrogen-bond acceptors (Lipinski definition) is 0. The molecule has 0 saturated heterocycles. The minimum atomic E-state index is 1.02. The van der Waals surface area contributed by atoms with Crippen LogP contribution in [0.25, 0.3) is 0 Å². The first-order valence-corrected chi connectivity index (χ1v) is 30.2. The highest BCUT2D eigenvalue weighted by molar-refractivity contribution is 5.40. The maximum absolute atomic E-state index is 4.28. The minimum Gasteiger partial charge on any atom is -0.0654 e. The highest BCUT2D eigenvalue weighted by Gasteiger charge is 2.12. The Hall–Kier alpha value is -0.780. The summed E-state index contributed by atoms with van der Waals surface area (Å²) < 4.78 is 0. The summed E-state index contributed by atoms with van der Waals surface area (Å²) in [6.07, 6.45) is 75.8. The van der Waals surface area contributed by atoms with Crippen LogP contribution in [-0.4, -0.2) is 0 Å². The Balaban J connectivity index is 2.47. The average Bonchev–Trinajstić information content (AvgIpc) is 3.29. The molecular weight excluding hydrogens is 757 g/mol. The standard InChI is InChI=1S/C63H119/c1-5-9-12-15-18-21-24-27-30-33-36-39-42-45-48-51-55-61-58-60(54-8-4)59-62(56-52-49-46-43-40-37-34-31-28-25-22-19-16-13-10-6-2)63(61)57-53-50-47-44-41-38-35-32-29-26-23-20-17-14-11-7-3/h58-59H,4-57H2,1-3H3. The second-order valence-corrected chi connectivity index (χ2v) is 21.2. The summed E-state index contributed by atoms with van der Waals surface area (Å²) in [5.41, 5.74) is 6.84. The molecule has 0 aliphatic heterocycles. The largest absolute Gasteiger partial charge is 0.0654 e. The maximum atomic E-state index is 4.28. The summed E-state index contributed by atoms with van der Waals surface area (Å²) in [5.74, 6) is 0. The number of unbranched alkanes of at least 4 members (excludes halogenated alkanes) is 45. The summed E-state index contributed by atoms with van der Waals surface area (Å²) >= 11 is 0. The molecule has 0 nitrogen and oxygen atoms in total. The fraction of sp³-hybridized carbons (Fsp3) is 0.889. The van der Waals surface area contributed by atoms with Crippen LogP contribution >= 0.6 is 0 Å². The third-order valence-electron chi connectivity index (χ3n) is 14.8. The van der Waals surface area contributed by atoms with Gasteiger partial charge in [-0.2, -0.15) is 0 Å². The molecule has 0 heteroatoms. The molecule has 0 amide bonds. The van der Waals surface area contributed by atoms with Gasteiger partial charge in [-0.3, -0.25) is 0 Å². The van der Waals surface area contributed by atoms with E-state index in [1.807, 2.05) is 0 Å². The van der Waals surface area contributed by atoms with E-state index >= 15 is 0 Å². The summed E-state index contributed by atoms with van der Waals surface area (Å²) in [4.78, 5) is 0. The molecule has 0 aromatic heterocycles. The zero-order valence-electron chi connectivity index (χ0n) is 44.3. The Morgan fingerprint density at radius 2 is 0.429 bits per heavy atom. The van der Waals surface area contributed by atoms with E-state index in [4.69, 9.17) is 0 Å². The van der Waals surface area contributed by atoms with Crippen LogP contribution in [0.15, 0.2) is 12.1 Å². The van der Waals surface area contributed by atoms with Crippen molar-refractivity contribution in [1.82, 2.24) is 0 Å². The lowest BCUT2D eigenvalue weighted by molar-refractivity contribution is 0.527. The van der Waals surface area contributed by atoms with Crippen molar-refractivity contribution in [1.29, 1.82) is 0 Å². The quantitative estimate of drug-likeness (QED) is 0.0572. The van der Waals surface area contributed by atoms with E-state index in [9.17, 15) is 0 Å². The molecule has 0 saturated carbocycles. The van der Waals surface area contributed by atoms with Gasteiger partial charge in [0.1, 0.15) is 0 Å². The Morgan fingerprint density at radius 3 is 0.635 bits per heavy atom. The van der Waals surface area contributed by atoms with Crippen molar-refractivity contribution >= 4 is 0 Å². The van der Waals surface area contributed by atoms with Crippen molar-refractivity contribution in [2.45, 2.75) is 361 Å². The van der Waals surface area contributed by atoms with Gasteiger partial charge in [-0.15, -0.1) is 0 Å². The Kier molecular flexibility index (Phi) is 48.4. The van der Waals surface area contributed by atoms with Crippen LogP contribution in [-0.2, 0) is 25.7 Å². The second-order valence-electron chi connectivity index (χ2n) is 21.2. The lowest BCUT2D eigenvalue weighted by Gasteiger charge is -2.18. The summed E-state index contributed by atoms with van der Waals surface area (Å²) in [7, 11) is 0. The molecule has 1 rings (SSSR count). The van der Waals surface area contributed by atoms with Crippen molar-refractivity contribution in [2.24, 2.45) is 0 Å². The molecule has 0 atom stereocenters. The van der Waals surface area contributed by atoms with E-state index in [0.717, 1.165) is 12.8 Å². The van der Waals surface area contributed by atoms with Crippen molar-refractivity contribution in [3.05, 3.63) is 41.3 Å². The van der Waals surface area contributed by atoms with E-state index in [0.29, 0.717) is 0 Å². The molecule has 0 unspecified atom stereocenters. The molecular formula is C63H119. The van der Waals surface area contributed by atoms with Crippen molar-refractivity contribution in [3.63, 3.8) is 0 Å². The Morgan fingerprint density at radius 1 is 0.238 bits per heavy atom. The number of aryl methyl sites for hydroxylation is 3. The van der Waals surface area contributed by atoms with Crippen LogP contribution in [0.4, 0.5) is 0 Å². The van der Waals surface area contributed by atoms with E-state index in [-0.39, 0.29) is 0 Å². The molecule has 63 heavy (non-hydrogen) atoms. The molecule has 0 bridgehead atoms. The van der Waals surface area contributed by atoms with Gasteiger partial charge in [0.15, 0.2) is 0 Å². The maximum Gasteiger partial charge on any atom is -0.0273 e. The molecule has 0 heterocycles. The molecule has 0 N–H and O–H groups in total. The second kappa shape index (κ2) is 50.6. The van der Waals surface area contributed by atoms with E-state index < -0.39 is 0 Å². The monoisotopic (exact) mass is 876 g/mol. The number of rotatable bonds is 53. The van der Waals surface area contributed by atoms with Gasteiger partial charge in [-0.1, -0.05) is 329 Å². The Bertz CT molecular complexity index is 946. The number of hydrogen-bond donors (Lipinski definition) is 0. The fourth-order valence-corrected chi connectivity index (χ4v) is 10.6. The van der Waals surface area contributed by atoms with Gasteiger partial charge in [0.05, 0.1) is 0 Å². The first-order valence-electron chi connectivity index (χ1n) is 30.2. The predicted molar refractivity (Wildman–Crippen MR) is 290 cm³/mol. The van der Waals surface area contributed by atoms with E-state index in [1.165, 1.54) is 327 Å². The molecule has 0 spiro atoms. The van der Waals surface area contributed by atoms with Gasteiger partial charge in [-0.05, 0) is 73.6 Å². The SMILES string of the molecule is [CH2]CCc1cc(CCCCCCCCCCCCCCCCCC)c(CCCCCCCCCCCCCCCCCC)c(CCCCCCCCCCCCCCCCCC)c1. The highest BCUT2D eigenvalue weighted by atomic mass is 14.2. The van der Waals surface area contributed by atoms with Crippen LogP contribution in [0.5, 0.6) is 0 Å². The van der Waals surface area contributed by atoms with Crippen LogP contribution in [0.3, 0.4) is 0 Å². The van der Waals surface area contributed by atoms with Gasteiger partial charge < -0.3 is 0 Å². The average molecular weight is 877 g/mol. The first kappa shape index (κ1) is 60.2. The van der Waals surface area contributed by atoms with Gasteiger partial charge in [0.25, 0.3) is 0 Å². The van der Waals surface area contributed by atoms with Crippen LogP contribution in [0.2, 0.25) is 0 Å². The van der Waals surface area contributed by atoms with Gasteiger partial charge in [-0.25, -0.2) is 0 Å². The van der Waals surface area contributed by atoms with E-state index in [2.05, 4.69) is 39.8 Å². The van der Waals surface area contributed by atoms with E-state index in [1.54, 1.807) is 22.3 Å². The first-order chi connectivity index (χ1) is 31.3. The lowest BCUT2D eigenvalue weighted by Crippen LogP contribution is -2.04. The molecule has 1 radical (unpaired) electrons. The van der Waals surface area contributed by atoms with Crippen molar-refractivity contribution in [3.8, 4) is 0 Å². The normalized spacial score (nSPS) is 11.7. The lowest BCUT2D eigenvalue weighted by atomic mass is 9.87. The summed E-state index contributed by atoms with van der Waals surface area (Å²) in [6.45, 7) is 11.2. The molecule has 0 aliphatic carbocycles. The fourth-order valence-electron chi connectivity index (χ4n) is 10.6. The van der Waals surface area contributed by atoms with Crippen LogP contribution in [0, 0.1) is 6.92 Å². The topological polar surface area (TPSA) is 0 Å². The smallest absolute Gasteiger partial charge is 0.0273 e. The minimum absolute atomic E-state index is 1.02. The Labute approximate surface area is 400 Å². The molecule has 371 valence electrons. The van der Waals surface area contributed by atoms with Crippen LogP contribution < -0.4 is 0 Å². The zero-order valence-corrected chi connectivity index (χ0v) is 44.3. The molecule has 0 aliphatic rings.